The maximum atomic E-state index is 14.1. The number of likely N-dealkylation sites (tertiary alicyclic amines) is 1. The van der Waals surface area contributed by atoms with Crippen molar-refractivity contribution < 1.29 is 32.2 Å². The van der Waals surface area contributed by atoms with Gasteiger partial charge in [0.05, 0.1) is 23.6 Å². The van der Waals surface area contributed by atoms with Crippen molar-refractivity contribution >= 4 is 27.6 Å². The van der Waals surface area contributed by atoms with Gasteiger partial charge in [0.25, 0.3) is 10.0 Å². The van der Waals surface area contributed by atoms with Crippen LogP contribution in [0.5, 0.6) is 5.75 Å². The summed E-state index contributed by atoms with van der Waals surface area (Å²) in [6.07, 6.45) is 0.695. The normalized spacial score (nSPS) is 16.9. The molecule has 3 N–H and O–H groups in total. The van der Waals surface area contributed by atoms with Crippen LogP contribution in [0.15, 0.2) is 35.2 Å². The molecule has 11 heteroatoms. The molecule has 208 valence electrons. The van der Waals surface area contributed by atoms with Crippen LogP contribution >= 0.6 is 0 Å². The smallest absolute Gasteiger partial charge is 0.341 e. The number of nitrogens with one attached hydrogen (secondary N) is 2. The van der Waals surface area contributed by atoms with E-state index in [1.165, 1.54) is 13.2 Å². The Kier molecular flexibility index (Phi) is 9.37. The molecule has 1 aliphatic heterocycles. The van der Waals surface area contributed by atoms with E-state index in [9.17, 15) is 27.5 Å². The molecular weight excluding hydrogens is 513 g/mol. The number of amides is 1. The third kappa shape index (κ3) is 6.44. The molecule has 2 aromatic rings. The van der Waals surface area contributed by atoms with Gasteiger partial charge in [0.1, 0.15) is 17.1 Å². The summed E-state index contributed by atoms with van der Waals surface area (Å²) in [4.78, 5) is 26.8. The third-order valence-corrected chi connectivity index (χ3v) is 8.66. The van der Waals surface area contributed by atoms with Gasteiger partial charge in [-0.2, -0.15) is 0 Å². The summed E-state index contributed by atoms with van der Waals surface area (Å²) in [5, 5.41) is 12.7. The fourth-order valence-corrected chi connectivity index (χ4v) is 5.94. The second-order valence-electron chi connectivity index (χ2n) is 9.90. The van der Waals surface area contributed by atoms with E-state index in [0.717, 1.165) is 31.3 Å². The van der Waals surface area contributed by atoms with Crippen molar-refractivity contribution in [3.05, 3.63) is 52.8 Å². The van der Waals surface area contributed by atoms with Crippen molar-refractivity contribution in [3.63, 3.8) is 0 Å². The highest BCUT2D eigenvalue weighted by Crippen LogP contribution is 2.38. The van der Waals surface area contributed by atoms with Crippen LogP contribution in [0.3, 0.4) is 0 Å². The monoisotopic (exact) mass is 549 g/mol. The second-order valence-corrected chi connectivity index (χ2v) is 11.6. The van der Waals surface area contributed by atoms with Crippen molar-refractivity contribution in [2.75, 3.05) is 31.5 Å². The number of methoxy groups -OCH3 is 1. The molecule has 1 saturated heterocycles. The number of ether oxygens (including phenoxy) is 1. The van der Waals surface area contributed by atoms with Gasteiger partial charge in [0, 0.05) is 13.1 Å². The number of hydrogen-bond donors (Lipinski definition) is 3. The minimum atomic E-state index is -4.37. The van der Waals surface area contributed by atoms with E-state index >= 15 is 0 Å². The van der Waals surface area contributed by atoms with Crippen molar-refractivity contribution in [2.45, 2.75) is 51.5 Å². The Balaban J connectivity index is 1.92. The number of carboxylic acids is 1. The molecule has 3 rings (SSSR count). The highest BCUT2D eigenvalue weighted by Gasteiger charge is 2.29. The van der Waals surface area contributed by atoms with Crippen molar-refractivity contribution in [1.82, 2.24) is 10.2 Å². The van der Waals surface area contributed by atoms with Gasteiger partial charge in [-0.05, 0) is 66.7 Å². The van der Waals surface area contributed by atoms with E-state index in [4.69, 9.17) is 4.74 Å². The van der Waals surface area contributed by atoms with Crippen molar-refractivity contribution in [2.24, 2.45) is 11.8 Å². The van der Waals surface area contributed by atoms with E-state index < -0.39 is 21.8 Å². The zero-order valence-corrected chi connectivity index (χ0v) is 23.2. The Hall–Kier alpha value is -3.18. The predicted molar refractivity (Wildman–Crippen MR) is 142 cm³/mol. The number of carbonyl (C=O) groups excluding carboxylic acids is 1. The average Bonchev–Trinajstić information content (AvgIpc) is 3.35. The molecule has 1 fully saturated rings. The second kappa shape index (κ2) is 12.1. The zero-order valence-electron chi connectivity index (χ0n) is 22.4. The standard InChI is InChI=1S/C27H36FN3O6S/c1-6-31-12-11-18(15-31)26(32)29-14-19-13-20(28)7-10-23(19)38(35,36)30-22-9-8-21(17(4)16(2)3)25(37-5)24(22)27(33)34/h7-10,13,16-18,30H,6,11-12,14-15H2,1-5H3,(H,29,32)(H,33,34). The number of hydrogen-bond acceptors (Lipinski definition) is 6. The lowest BCUT2D eigenvalue weighted by Gasteiger charge is -2.22. The molecule has 2 atom stereocenters. The van der Waals surface area contributed by atoms with Gasteiger partial charge in [-0.15, -0.1) is 0 Å². The van der Waals surface area contributed by atoms with Gasteiger partial charge in [-0.3, -0.25) is 9.52 Å². The fourth-order valence-electron chi connectivity index (χ4n) is 4.64. The zero-order chi connectivity index (χ0) is 28.2. The van der Waals surface area contributed by atoms with Gasteiger partial charge in [0.15, 0.2) is 0 Å². The highest BCUT2D eigenvalue weighted by molar-refractivity contribution is 7.92. The number of benzene rings is 2. The molecule has 0 aromatic heterocycles. The van der Waals surface area contributed by atoms with Crippen LogP contribution in [0.25, 0.3) is 0 Å². The van der Waals surface area contributed by atoms with Gasteiger partial charge < -0.3 is 20.1 Å². The molecule has 1 aliphatic rings. The van der Waals surface area contributed by atoms with Gasteiger partial charge in [-0.1, -0.05) is 33.8 Å². The van der Waals surface area contributed by atoms with Crippen molar-refractivity contribution in [3.8, 4) is 5.75 Å². The lowest BCUT2D eigenvalue weighted by Crippen LogP contribution is -2.33. The van der Waals surface area contributed by atoms with Gasteiger partial charge in [-0.25, -0.2) is 17.6 Å². The summed E-state index contributed by atoms with van der Waals surface area (Å²) >= 11 is 0. The summed E-state index contributed by atoms with van der Waals surface area (Å²) in [7, 11) is -3.03. The highest BCUT2D eigenvalue weighted by atomic mass is 32.2. The molecule has 9 nitrogen and oxygen atoms in total. The van der Waals surface area contributed by atoms with Gasteiger partial charge >= 0.3 is 5.97 Å². The SMILES string of the molecule is CCN1CCC(C(=O)NCc2cc(F)ccc2S(=O)(=O)Nc2ccc(C(C)C(C)C)c(OC)c2C(=O)O)C1. The molecule has 0 aliphatic carbocycles. The largest absolute Gasteiger partial charge is 0.495 e. The van der Waals surface area contributed by atoms with E-state index in [-0.39, 0.29) is 57.7 Å². The lowest BCUT2D eigenvalue weighted by molar-refractivity contribution is -0.124. The Morgan fingerprint density at radius 3 is 2.50 bits per heavy atom. The number of sulfonamides is 1. The number of halogens is 1. The van der Waals surface area contributed by atoms with Crippen LogP contribution in [0.2, 0.25) is 0 Å². The molecular formula is C27H36FN3O6S. The van der Waals surface area contributed by atoms with Crippen LogP contribution in [0.4, 0.5) is 10.1 Å². The molecule has 0 radical (unpaired) electrons. The first-order valence-electron chi connectivity index (χ1n) is 12.6. The minimum Gasteiger partial charge on any atom is -0.495 e. The molecule has 2 aromatic carbocycles. The molecule has 0 saturated carbocycles. The molecule has 0 bridgehead atoms. The van der Waals surface area contributed by atoms with E-state index in [1.807, 2.05) is 27.7 Å². The van der Waals surface area contributed by atoms with Crippen LogP contribution in [0.1, 0.15) is 61.5 Å². The minimum absolute atomic E-state index is 0.0464. The summed E-state index contributed by atoms with van der Waals surface area (Å²) in [5.41, 5.74) is 0.186. The van der Waals surface area contributed by atoms with E-state index in [1.54, 1.807) is 6.07 Å². The van der Waals surface area contributed by atoms with E-state index in [2.05, 4.69) is 14.9 Å². The average molecular weight is 550 g/mol. The summed E-state index contributed by atoms with van der Waals surface area (Å²) < 4.78 is 48.7. The Morgan fingerprint density at radius 1 is 1.21 bits per heavy atom. The predicted octanol–water partition coefficient (Wildman–Crippen LogP) is 4.05. The quantitative estimate of drug-likeness (QED) is 0.386. The van der Waals surface area contributed by atoms with Crippen LogP contribution in [0, 0.1) is 17.7 Å². The third-order valence-electron chi connectivity index (χ3n) is 7.20. The summed E-state index contributed by atoms with van der Waals surface area (Å²) in [5.74, 6) is -2.27. The van der Waals surface area contributed by atoms with Crippen LogP contribution < -0.4 is 14.8 Å². The molecule has 2 unspecified atom stereocenters. The molecule has 38 heavy (non-hydrogen) atoms. The first-order chi connectivity index (χ1) is 17.9. The van der Waals surface area contributed by atoms with E-state index in [0.29, 0.717) is 18.5 Å². The number of rotatable bonds is 11. The Bertz CT molecular complexity index is 1300. The Labute approximate surface area is 223 Å². The first kappa shape index (κ1) is 29.4. The molecule has 1 heterocycles. The Morgan fingerprint density at radius 2 is 1.92 bits per heavy atom. The first-order valence-corrected chi connectivity index (χ1v) is 14.1. The lowest BCUT2D eigenvalue weighted by atomic mass is 9.88. The maximum Gasteiger partial charge on any atom is 0.341 e. The van der Waals surface area contributed by atoms with Crippen molar-refractivity contribution in [1.29, 1.82) is 0 Å². The number of aromatic carboxylic acids is 1. The number of nitrogens with zero attached hydrogens (tertiary/aromatic N) is 1. The molecule has 0 spiro atoms. The summed E-state index contributed by atoms with van der Waals surface area (Å²) in [6, 6.07) is 6.18. The van der Waals surface area contributed by atoms with Crippen LogP contribution in [-0.4, -0.2) is 57.0 Å². The maximum absolute atomic E-state index is 14.1. The number of anilines is 1. The van der Waals surface area contributed by atoms with Crippen LogP contribution in [-0.2, 0) is 21.4 Å². The molecule has 1 amide bonds. The number of carbonyl (C=O) groups is 2. The number of carboxylic acid groups (broad SMARTS) is 1. The summed E-state index contributed by atoms with van der Waals surface area (Å²) in [6.45, 7) is 9.98. The van der Waals surface area contributed by atoms with Gasteiger partial charge in [0.2, 0.25) is 5.91 Å². The topological polar surface area (TPSA) is 125 Å². The fraction of sp³-hybridized carbons (Fsp3) is 0.481.